The highest BCUT2D eigenvalue weighted by Gasteiger charge is 2.09. The van der Waals surface area contributed by atoms with E-state index in [0.717, 1.165) is 17.5 Å². The topological polar surface area (TPSA) is 26.0 Å². The van der Waals surface area contributed by atoms with Crippen molar-refractivity contribution < 1.29 is 4.42 Å². The van der Waals surface area contributed by atoms with E-state index in [9.17, 15) is 0 Å². The summed E-state index contributed by atoms with van der Waals surface area (Å²) in [6, 6.07) is 4.07. The van der Waals surface area contributed by atoms with E-state index in [-0.39, 0.29) is 0 Å². The van der Waals surface area contributed by atoms with Crippen LogP contribution < -0.4 is 0 Å². The summed E-state index contributed by atoms with van der Waals surface area (Å²) in [6.07, 6.45) is 4.65. The lowest BCUT2D eigenvalue weighted by Crippen LogP contribution is -1.92. The van der Waals surface area contributed by atoms with Crippen LogP contribution in [0.1, 0.15) is 31.7 Å². The van der Waals surface area contributed by atoms with E-state index < -0.39 is 0 Å². The fraction of sp³-hybridized carbons (Fsp3) is 0.364. The largest absolute Gasteiger partial charge is 0.446 e. The lowest BCUT2D eigenvalue weighted by atomic mass is 9.97. The molecular formula is C11H13NO. The van der Waals surface area contributed by atoms with Crippen molar-refractivity contribution in [3.63, 3.8) is 0 Å². The molecule has 0 saturated carbocycles. The molecule has 0 aliphatic carbocycles. The quantitative estimate of drug-likeness (QED) is 0.699. The van der Waals surface area contributed by atoms with Crippen molar-refractivity contribution in [1.82, 2.24) is 4.98 Å². The molecule has 0 spiro atoms. The van der Waals surface area contributed by atoms with Crippen LogP contribution >= 0.6 is 0 Å². The minimum absolute atomic E-state index is 0.572. The fourth-order valence-corrected chi connectivity index (χ4v) is 1.55. The van der Waals surface area contributed by atoms with Gasteiger partial charge in [-0.25, -0.2) is 4.98 Å². The summed E-state index contributed by atoms with van der Waals surface area (Å²) in [7, 11) is 0. The Kier molecular flexibility index (Phi) is 2.05. The summed E-state index contributed by atoms with van der Waals surface area (Å²) in [5.41, 5.74) is 2.08. The van der Waals surface area contributed by atoms with Gasteiger partial charge in [-0.2, -0.15) is 0 Å². The number of hydrogen-bond acceptors (Lipinski definition) is 2. The first-order chi connectivity index (χ1) is 6.33. The van der Waals surface area contributed by atoms with Gasteiger partial charge in [-0.05, 0) is 30.0 Å². The second-order valence-corrected chi connectivity index (χ2v) is 3.35. The molecule has 0 fully saturated rings. The highest BCUT2D eigenvalue weighted by atomic mass is 16.3. The standard InChI is InChI=1S/C11H13NO/c1-3-8(2)9-4-6-12-11-10(9)5-7-13-11/h4-8H,3H2,1-2H3. The third-order valence-electron chi connectivity index (χ3n) is 2.54. The van der Waals surface area contributed by atoms with Crippen LogP contribution in [0.25, 0.3) is 11.1 Å². The van der Waals surface area contributed by atoms with Gasteiger partial charge in [0.1, 0.15) is 0 Å². The average molecular weight is 175 g/mol. The van der Waals surface area contributed by atoms with Crippen LogP contribution in [0.3, 0.4) is 0 Å². The Morgan fingerprint density at radius 2 is 2.31 bits per heavy atom. The lowest BCUT2D eigenvalue weighted by Gasteiger charge is -2.08. The second-order valence-electron chi connectivity index (χ2n) is 3.35. The first-order valence-corrected chi connectivity index (χ1v) is 4.65. The third-order valence-corrected chi connectivity index (χ3v) is 2.54. The summed E-state index contributed by atoms with van der Waals surface area (Å²) in [5.74, 6) is 0.572. The van der Waals surface area contributed by atoms with Crippen molar-refractivity contribution in [2.24, 2.45) is 0 Å². The van der Waals surface area contributed by atoms with Gasteiger partial charge in [-0.1, -0.05) is 13.8 Å². The molecule has 0 aliphatic rings. The van der Waals surface area contributed by atoms with E-state index in [4.69, 9.17) is 4.42 Å². The Hall–Kier alpha value is -1.31. The molecule has 0 aromatic carbocycles. The minimum atomic E-state index is 0.572. The maximum Gasteiger partial charge on any atom is 0.226 e. The molecule has 1 unspecified atom stereocenters. The Morgan fingerprint density at radius 1 is 1.46 bits per heavy atom. The van der Waals surface area contributed by atoms with Gasteiger partial charge in [0.15, 0.2) is 0 Å². The van der Waals surface area contributed by atoms with E-state index in [1.54, 1.807) is 6.26 Å². The second kappa shape index (κ2) is 3.21. The lowest BCUT2D eigenvalue weighted by molar-refractivity contribution is 0.602. The number of furan rings is 1. The van der Waals surface area contributed by atoms with Crippen molar-refractivity contribution in [2.75, 3.05) is 0 Å². The van der Waals surface area contributed by atoms with Crippen LogP contribution in [-0.4, -0.2) is 4.98 Å². The van der Waals surface area contributed by atoms with Crippen molar-refractivity contribution in [1.29, 1.82) is 0 Å². The van der Waals surface area contributed by atoms with E-state index in [0.29, 0.717) is 5.92 Å². The summed E-state index contributed by atoms with van der Waals surface area (Å²) in [4.78, 5) is 4.15. The van der Waals surface area contributed by atoms with Crippen molar-refractivity contribution >= 4 is 11.1 Å². The molecule has 0 radical (unpaired) electrons. The molecule has 0 aliphatic heterocycles. The van der Waals surface area contributed by atoms with Crippen LogP contribution in [0.5, 0.6) is 0 Å². The number of hydrogen-bond donors (Lipinski definition) is 0. The summed E-state index contributed by atoms with van der Waals surface area (Å²) < 4.78 is 5.24. The molecular weight excluding hydrogens is 162 g/mol. The van der Waals surface area contributed by atoms with Crippen molar-refractivity contribution in [3.05, 3.63) is 30.2 Å². The minimum Gasteiger partial charge on any atom is -0.446 e. The smallest absolute Gasteiger partial charge is 0.226 e. The monoisotopic (exact) mass is 175 g/mol. The van der Waals surface area contributed by atoms with Gasteiger partial charge >= 0.3 is 0 Å². The van der Waals surface area contributed by atoms with E-state index in [2.05, 4.69) is 24.9 Å². The zero-order chi connectivity index (χ0) is 9.26. The van der Waals surface area contributed by atoms with E-state index >= 15 is 0 Å². The maximum absolute atomic E-state index is 5.24. The average Bonchev–Trinajstić information content (AvgIpc) is 2.63. The van der Waals surface area contributed by atoms with Crippen LogP contribution in [-0.2, 0) is 0 Å². The number of pyridine rings is 1. The van der Waals surface area contributed by atoms with Crippen LogP contribution in [0, 0.1) is 0 Å². The normalized spacial score (nSPS) is 13.4. The highest BCUT2D eigenvalue weighted by molar-refractivity contribution is 5.77. The summed E-state index contributed by atoms with van der Waals surface area (Å²) >= 11 is 0. The van der Waals surface area contributed by atoms with Crippen LogP contribution in [0.2, 0.25) is 0 Å². The van der Waals surface area contributed by atoms with E-state index in [1.807, 2.05) is 12.3 Å². The number of aromatic nitrogens is 1. The number of nitrogens with zero attached hydrogens (tertiary/aromatic N) is 1. The molecule has 2 aromatic heterocycles. The van der Waals surface area contributed by atoms with Gasteiger partial charge in [0.05, 0.1) is 6.26 Å². The first-order valence-electron chi connectivity index (χ1n) is 4.65. The molecule has 1 atom stereocenters. The SMILES string of the molecule is CCC(C)c1ccnc2occc12. The van der Waals surface area contributed by atoms with Crippen molar-refractivity contribution in [2.45, 2.75) is 26.2 Å². The first kappa shape index (κ1) is 8.30. The molecule has 0 N–H and O–H groups in total. The Balaban J connectivity index is 2.60. The maximum atomic E-state index is 5.24. The molecule has 0 amide bonds. The van der Waals surface area contributed by atoms with Crippen LogP contribution in [0.4, 0.5) is 0 Å². The number of fused-ring (bicyclic) bond motifs is 1. The highest BCUT2D eigenvalue weighted by Crippen LogP contribution is 2.26. The molecule has 2 heterocycles. The molecule has 68 valence electrons. The zero-order valence-corrected chi connectivity index (χ0v) is 7.95. The van der Waals surface area contributed by atoms with Gasteiger partial charge < -0.3 is 4.42 Å². The Labute approximate surface area is 77.6 Å². The number of rotatable bonds is 2. The Morgan fingerprint density at radius 3 is 3.08 bits per heavy atom. The zero-order valence-electron chi connectivity index (χ0n) is 7.95. The van der Waals surface area contributed by atoms with Gasteiger partial charge in [-0.15, -0.1) is 0 Å². The van der Waals surface area contributed by atoms with Crippen LogP contribution in [0.15, 0.2) is 29.0 Å². The molecule has 2 aromatic rings. The van der Waals surface area contributed by atoms with Gasteiger partial charge in [0.2, 0.25) is 5.71 Å². The Bertz CT molecular complexity index is 405. The molecule has 2 heteroatoms. The van der Waals surface area contributed by atoms with Gasteiger partial charge in [-0.3, -0.25) is 0 Å². The fourth-order valence-electron chi connectivity index (χ4n) is 1.55. The summed E-state index contributed by atoms with van der Waals surface area (Å²) in [6.45, 7) is 4.42. The van der Waals surface area contributed by atoms with Crippen molar-refractivity contribution in [3.8, 4) is 0 Å². The molecule has 13 heavy (non-hydrogen) atoms. The van der Waals surface area contributed by atoms with Gasteiger partial charge in [0, 0.05) is 11.6 Å². The molecule has 0 saturated heterocycles. The predicted molar refractivity (Wildman–Crippen MR) is 52.7 cm³/mol. The third kappa shape index (κ3) is 1.32. The summed E-state index contributed by atoms with van der Waals surface area (Å²) in [5, 5.41) is 1.15. The molecule has 0 bridgehead atoms. The predicted octanol–water partition coefficient (Wildman–Crippen LogP) is 3.34. The molecule has 2 rings (SSSR count). The molecule has 2 nitrogen and oxygen atoms in total. The van der Waals surface area contributed by atoms with E-state index in [1.165, 1.54) is 5.56 Å². The van der Waals surface area contributed by atoms with Gasteiger partial charge in [0.25, 0.3) is 0 Å².